The van der Waals surface area contributed by atoms with Crippen LogP contribution >= 0.6 is 24.0 Å². The van der Waals surface area contributed by atoms with Crippen LogP contribution in [0.25, 0.3) is 11.7 Å². The van der Waals surface area contributed by atoms with Crippen LogP contribution in [0.5, 0.6) is 0 Å². The fraction of sp³-hybridized carbons (Fsp3) is 0.333. The third kappa shape index (κ3) is 2.83. The van der Waals surface area contributed by atoms with Gasteiger partial charge in [-0.15, -0.1) is 0 Å². The monoisotopic (exact) mass is 386 g/mol. The number of likely N-dealkylation sites (N-methyl/N-ethyl adjacent to an activating group) is 1. The van der Waals surface area contributed by atoms with E-state index < -0.39 is 0 Å². The fourth-order valence-corrected chi connectivity index (χ4v) is 4.38. The lowest BCUT2D eigenvalue weighted by Gasteiger charge is -2.19. The Hall–Kier alpha value is -2.19. The molecule has 8 heteroatoms. The van der Waals surface area contributed by atoms with Crippen LogP contribution in [-0.2, 0) is 4.79 Å². The molecule has 2 fully saturated rings. The third-order valence-electron chi connectivity index (χ3n) is 4.65. The van der Waals surface area contributed by atoms with Crippen molar-refractivity contribution in [3.63, 3.8) is 0 Å². The van der Waals surface area contributed by atoms with Crippen LogP contribution in [0, 0.1) is 6.92 Å². The Morgan fingerprint density at radius 3 is 2.62 bits per heavy atom. The second kappa shape index (κ2) is 6.51. The fourth-order valence-electron chi connectivity index (χ4n) is 3.22. The molecular formula is C18H18N4O2S2. The molecule has 4 heterocycles. The molecule has 0 bridgehead atoms. The van der Waals surface area contributed by atoms with Crippen molar-refractivity contribution in [3.8, 4) is 0 Å². The molecular weight excluding hydrogens is 368 g/mol. The van der Waals surface area contributed by atoms with E-state index >= 15 is 0 Å². The minimum atomic E-state index is -0.180. The molecule has 0 spiro atoms. The maximum Gasteiger partial charge on any atom is 0.267 e. The van der Waals surface area contributed by atoms with Gasteiger partial charge in [-0.3, -0.25) is 18.9 Å². The summed E-state index contributed by atoms with van der Waals surface area (Å²) >= 11 is 6.42. The van der Waals surface area contributed by atoms with Crippen molar-refractivity contribution in [1.82, 2.24) is 14.3 Å². The molecule has 0 unspecified atom stereocenters. The Kier molecular flexibility index (Phi) is 4.32. The Balaban J connectivity index is 1.95. The summed E-state index contributed by atoms with van der Waals surface area (Å²) in [6.45, 7) is 3.66. The molecule has 1 amide bonds. The Morgan fingerprint density at radius 1 is 1.23 bits per heavy atom. The quantitative estimate of drug-likeness (QED) is 0.584. The van der Waals surface area contributed by atoms with Crippen LogP contribution in [-0.4, -0.2) is 44.6 Å². The van der Waals surface area contributed by atoms with E-state index in [2.05, 4.69) is 4.90 Å². The minimum absolute atomic E-state index is 0.165. The van der Waals surface area contributed by atoms with Gasteiger partial charge in [0, 0.05) is 26.3 Å². The molecule has 2 saturated heterocycles. The number of carbonyl (C=O) groups excluding carboxylic acids is 1. The molecule has 134 valence electrons. The van der Waals surface area contributed by atoms with Crippen molar-refractivity contribution < 1.29 is 4.79 Å². The smallest absolute Gasteiger partial charge is 0.267 e. The van der Waals surface area contributed by atoms with Gasteiger partial charge in [0.15, 0.2) is 0 Å². The summed E-state index contributed by atoms with van der Waals surface area (Å²) in [7, 11) is 1.65. The Bertz CT molecular complexity index is 1020. The summed E-state index contributed by atoms with van der Waals surface area (Å²) in [5, 5.41) is 0. The number of aryl methyl sites for hydroxylation is 1. The highest BCUT2D eigenvalue weighted by Gasteiger charge is 2.30. The van der Waals surface area contributed by atoms with E-state index in [1.807, 2.05) is 19.1 Å². The van der Waals surface area contributed by atoms with Crippen LogP contribution in [0.1, 0.15) is 24.0 Å². The van der Waals surface area contributed by atoms with Gasteiger partial charge in [-0.2, -0.15) is 0 Å². The first-order chi connectivity index (χ1) is 12.5. The molecule has 2 aromatic rings. The number of aromatic nitrogens is 2. The topological polar surface area (TPSA) is 57.9 Å². The van der Waals surface area contributed by atoms with Crippen molar-refractivity contribution >= 4 is 51.7 Å². The van der Waals surface area contributed by atoms with Crippen LogP contribution < -0.4 is 10.5 Å². The van der Waals surface area contributed by atoms with E-state index in [4.69, 9.17) is 17.2 Å². The van der Waals surface area contributed by atoms with E-state index in [0.717, 1.165) is 31.5 Å². The molecule has 2 aromatic heterocycles. The van der Waals surface area contributed by atoms with Crippen molar-refractivity contribution in [3.05, 3.63) is 44.7 Å². The molecule has 0 atom stereocenters. The minimum Gasteiger partial charge on any atom is -0.356 e. The number of carbonyl (C=O) groups is 1. The van der Waals surface area contributed by atoms with Gasteiger partial charge in [-0.25, -0.2) is 4.98 Å². The average Bonchev–Trinajstić information content (AvgIpc) is 3.23. The van der Waals surface area contributed by atoms with E-state index in [0.29, 0.717) is 26.3 Å². The predicted molar refractivity (Wildman–Crippen MR) is 109 cm³/mol. The highest BCUT2D eigenvalue weighted by molar-refractivity contribution is 8.26. The first-order valence-electron chi connectivity index (χ1n) is 8.45. The van der Waals surface area contributed by atoms with Gasteiger partial charge in [0.1, 0.15) is 15.8 Å². The molecule has 0 saturated carbocycles. The number of thioether (sulfide) groups is 1. The number of hydrogen-bond donors (Lipinski definition) is 0. The molecule has 2 aliphatic rings. The number of anilines is 1. The van der Waals surface area contributed by atoms with Gasteiger partial charge in [0.05, 0.1) is 10.5 Å². The van der Waals surface area contributed by atoms with E-state index in [1.54, 1.807) is 23.7 Å². The Morgan fingerprint density at radius 2 is 1.96 bits per heavy atom. The van der Waals surface area contributed by atoms with Crippen molar-refractivity contribution in [2.24, 2.45) is 0 Å². The molecule has 4 rings (SSSR count). The van der Waals surface area contributed by atoms with Gasteiger partial charge in [-0.05, 0) is 37.5 Å². The van der Waals surface area contributed by atoms with Gasteiger partial charge in [0.2, 0.25) is 0 Å². The van der Waals surface area contributed by atoms with Crippen molar-refractivity contribution in [2.75, 3.05) is 25.0 Å². The molecule has 0 N–H and O–H groups in total. The summed E-state index contributed by atoms with van der Waals surface area (Å²) < 4.78 is 2.04. The summed E-state index contributed by atoms with van der Waals surface area (Å²) in [5.41, 5.74) is 1.87. The van der Waals surface area contributed by atoms with Crippen molar-refractivity contribution in [1.29, 1.82) is 0 Å². The highest BCUT2D eigenvalue weighted by Crippen LogP contribution is 2.32. The third-order valence-corrected chi connectivity index (χ3v) is 6.14. The standard InChI is InChI=1S/C18H18N4O2S2/c1-11-5-6-14-19-15(21-7-3-4-8-21)12(16(23)22(14)10-11)9-13-17(24)20(2)18(25)26-13/h5-6,9-10H,3-4,7-8H2,1-2H3. The van der Waals surface area contributed by atoms with Crippen LogP contribution in [0.2, 0.25) is 0 Å². The molecule has 2 aliphatic heterocycles. The summed E-state index contributed by atoms with van der Waals surface area (Å²) in [6, 6.07) is 3.79. The van der Waals surface area contributed by atoms with Gasteiger partial charge in [-0.1, -0.05) is 30.0 Å². The number of hydrogen-bond acceptors (Lipinski definition) is 6. The van der Waals surface area contributed by atoms with Crippen LogP contribution in [0.3, 0.4) is 0 Å². The lowest BCUT2D eigenvalue weighted by atomic mass is 10.2. The molecule has 6 nitrogen and oxygen atoms in total. The van der Waals surface area contributed by atoms with Gasteiger partial charge >= 0.3 is 0 Å². The van der Waals surface area contributed by atoms with Crippen LogP contribution in [0.4, 0.5) is 5.82 Å². The molecule has 26 heavy (non-hydrogen) atoms. The number of thiocarbonyl (C=S) groups is 1. The highest BCUT2D eigenvalue weighted by atomic mass is 32.2. The normalized spacial score (nSPS) is 19.4. The van der Waals surface area contributed by atoms with Gasteiger partial charge in [0.25, 0.3) is 11.5 Å². The zero-order valence-electron chi connectivity index (χ0n) is 14.6. The zero-order chi connectivity index (χ0) is 18.4. The van der Waals surface area contributed by atoms with Crippen molar-refractivity contribution in [2.45, 2.75) is 19.8 Å². The van der Waals surface area contributed by atoms with Crippen LogP contribution in [0.15, 0.2) is 28.0 Å². The first kappa shape index (κ1) is 17.2. The largest absolute Gasteiger partial charge is 0.356 e. The number of rotatable bonds is 2. The van der Waals surface area contributed by atoms with E-state index in [9.17, 15) is 9.59 Å². The van der Waals surface area contributed by atoms with E-state index in [-0.39, 0.29) is 11.5 Å². The lowest BCUT2D eigenvalue weighted by molar-refractivity contribution is -0.121. The summed E-state index contributed by atoms with van der Waals surface area (Å²) in [6.07, 6.45) is 5.58. The predicted octanol–water partition coefficient (Wildman–Crippen LogP) is 2.43. The van der Waals surface area contributed by atoms with Gasteiger partial charge < -0.3 is 4.90 Å². The average molecular weight is 387 g/mol. The summed E-state index contributed by atoms with van der Waals surface area (Å²) in [5.74, 6) is 0.471. The zero-order valence-corrected chi connectivity index (χ0v) is 16.2. The molecule has 0 aliphatic carbocycles. The Labute approximate surface area is 160 Å². The second-order valence-electron chi connectivity index (χ2n) is 6.52. The second-order valence-corrected chi connectivity index (χ2v) is 8.20. The maximum absolute atomic E-state index is 13.2. The lowest BCUT2D eigenvalue weighted by Crippen LogP contribution is -2.27. The number of amides is 1. The first-order valence-corrected chi connectivity index (χ1v) is 9.68. The number of pyridine rings is 1. The number of nitrogens with zero attached hydrogens (tertiary/aromatic N) is 4. The van der Waals surface area contributed by atoms with E-state index in [1.165, 1.54) is 16.7 Å². The molecule has 0 radical (unpaired) electrons. The molecule has 0 aromatic carbocycles. The SMILES string of the molecule is Cc1ccc2nc(N3CCCC3)c(C=C3SC(=S)N(C)C3=O)c(=O)n2c1. The summed E-state index contributed by atoms with van der Waals surface area (Å²) in [4.78, 5) is 34.3. The maximum atomic E-state index is 13.2. The number of fused-ring (bicyclic) bond motifs is 1.